The standard InChI is InChI=1S/C22H13N5O4S2/c23-11-14-17(12-5-2-1-3-6-12)19-21(31-20(14)24)26-22(32)27(19)33(29,30)16-9-8-15(28)18-13(16)7-4-10-25-18/h1-10,24,28H,(H,26,32). The number of benzene rings is 2. The van der Waals surface area contributed by atoms with Gasteiger partial charge >= 0.3 is 0 Å². The number of hydrogen-bond acceptors (Lipinski definition) is 8. The van der Waals surface area contributed by atoms with Gasteiger partial charge in [-0.3, -0.25) is 15.4 Å². The van der Waals surface area contributed by atoms with Gasteiger partial charge in [0.15, 0.2) is 4.77 Å². The number of pyridine rings is 1. The average molecular weight is 476 g/mol. The monoisotopic (exact) mass is 475 g/mol. The number of rotatable bonds is 3. The lowest BCUT2D eigenvalue weighted by Gasteiger charge is -2.13. The van der Waals surface area contributed by atoms with Gasteiger partial charge in [-0.05, 0) is 42.0 Å². The summed E-state index contributed by atoms with van der Waals surface area (Å²) in [6.07, 6.45) is 1.44. The molecule has 0 amide bonds. The molecule has 0 aliphatic heterocycles. The van der Waals surface area contributed by atoms with Gasteiger partial charge in [-0.15, -0.1) is 0 Å². The molecule has 0 fully saturated rings. The second-order valence-electron chi connectivity index (χ2n) is 7.02. The molecule has 5 rings (SSSR count). The summed E-state index contributed by atoms with van der Waals surface area (Å²) >= 11 is 5.34. The fourth-order valence-corrected chi connectivity index (χ4v) is 5.79. The number of aromatic hydroxyl groups is 1. The van der Waals surface area contributed by atoms with E-state index in [9.17, 15) is 18.8 Å². The summed E-state index contributed by atoms with van der Waals surface area (Å²) in [5, 5.41) is 28.2. The molecule has 0 aliphatic rings. The molecule has 0 atom stereocenters. The van der Waals surface area contributed by atoms with Crippen molar-refractivity contribution in [3.63, 3.8) is 0 Å². The molecule has 162 valence electrons. The molecule has 3 heterocycles. The predicted octanol–water partition coefficient (Wildman–Crippen LogP) is 3.80. The van der Waals surface area contributed by atoms with Crippen LogP contribution in [-0.4, -0.2) is 27.5 Å². The van der Waals surface area contributed by atoms with Crippen molar-refractivity contribution >= 4 is 44.4 Å². The van der Waals surface area contributed by atoms with Gasteiger partial charge in [-0.2, -0.15) is 5.26 Å². The van der Waals surface area contributed by atoms with E-state index in [2.05, 4.69) is 9.97 Å². The van der Waals surface area contributed by atoms with Gasteiger partial charge in [0, 0.05) is 17.1 Å². The average Bonchev–Trinajstić information content (AvgIpc) is 3.14. The van der Waals surface area contributed by atoms with Crippen LogP contribution in [0.4, 0.5) is 0 Å². The minimum atomic E-state index is -4.37. The van der Waals surface area contributed by atoms with Crippen molar-refractivity contribution in [1.82, 2.24) is 13.9 Å². The van der Waals surface area contributed by atoms with E-state index in [1.54, 1.807) is 36.4 Å². The van der Waals surface area contributed by atoms with Crippen LogP contribution >= 0.6 is 12.2 Å². The summed E-state index contributed by atoms with van der Waals surface area (Å²) in [4.78, 5) is 6.64. The van der Waals surface area contributed by atoms with Crippen LogP contribution in [0.5, 0.6) is 5.75 Å². The number of H-pyrrole nitrogens is 1. The zero-order valence-electron chi connectivity index (χ0n) is 16.6. The van der Waals surface area contributed by atoms with Gasteiger partial charge in [0.2, 0.25) is 11.3 Å². The Bertz CT molecular complexity index is 1850. The quantitative estimate of drug-likeness (QED) is 0.336. The number of hydrogen-bond donors (Lipinski definition) is 3. The summed E-state index contributed by atoms with van der Waals surface area (Å²) in [6, 6.07) is 16.2. The summed E-state index contributed by atoms with van der Waals surface area (Å²) in [6.45, 7) is 0. The normalized spacial score (nSPS) is 11.6. The maximum atomic E-state index is 13.9. The highest BCUT2D eigenvalue weighted by atomic mass is 32.2. The molecule has 9 nitrogen and oxygen atoms in total. The van der Waals surface area contributed by atoms with Gasteiger partial charge in [-0.1, -0.05) is 30.3 Å². The molecule has 11 heteroatoms. The number of aromatic nitrogens is 3. The van der Waals surface area contributed by atoms with Crippen molar-refractivity contribution in [1.29, 1.82) is 10.7 Å². The lowest BCUT2D eigenvalue weighted by Crippen LogP contribution is -2.16. The van der Waals surface area contributed by atoms with Crippen LogP contribution in [0, 0.1) is 21.5 Å². The SMILES string of the molecule is N#Cc1c(-c2ccccc2)c2c([nH]c(=S)n2S(=O)(=O)c2ccc(O)c3ncccc23)oc1=N. The van der Waals surface area contributed by atoms with Crippen LogP contribution in [0.3, 0.4) is 0 Å². The van der Waals surface area contributed by atoms with Crippen LogP contribution in [0.25, 0.3) is 33.3 Å². The third kappa shape index (κ3) is 3.04. The van der Waals surface area contributed by atoms with Crippen molar-refractivity contribution in [3.05, 3.63) is 76.7 Å². The van der Waals surface area contributed by atoms with E-state index in [1.165, 1.54) is 24.4 Å². The number of nitrogens with one attached hydrogen (secondary N) is 2. The van der Waals surface area contributed by atoms with Gasteiger partial charge in [0.05, 0.1) is 4.90 Å². The second-order valence-corrected chi connectivity index (χ2v) is 9.16. The number of fused-ring (bicyclic) bond motifs is 2. The molecular weight excluding hydrogens is 462 g/mol. The zero-order valence-corrected chi connectivity index (χ0v) is 18.2. The molecule has 0 saturated carbocycles. The molecule has 0 saturated heterocycles. The lowest BCUT2D eigenvalue weighted by atomic mass is 10.0. The van der Waals surface area contributed by atoms with Crippen LogP contribution in [0.15, 0.2) is 70.1 Å². The maximum Gasteiger partial charge on any atom is 0.271 e. The van der Waals surface area contributed by atoms with Crippen LogP contribution in [0.1, 0.15) is 5.56 Å². The third-order valence-electron chi connectivity index (χ3n) is 5.14. The van der Waals surface area contributed by atoms with Gasteiger partial charge in [0.1, 0.15) is 28.4 Å². The van der Waals surface area contributed by atoms with Crippen LogP contribution < -0.4 is 5.55 Å². The summed E-state index contributed by atoms with van der Waals surface area (Å²) in [7, 11) is -4.37. The molecule has 5 aromatic rings. The Hall–Kier alpha value is -4.27. The highest BCUT2D eigenvalue weighted by Crippen LogP contribution is 2.35. The van der Waals surface area contributed by atoms with E-state index in [4.69, 9.17) is 22.0 Å². The van der Waals surface area contributed by atoms with E-state index in [0.717, 1.165) is 3.97 Å². The molecule has 0 unspecified atom stereocenters. The molecule has 0 spiro atoms. The van der Waals surface area contributed by atoms with Crippen molar-refractivity contribution < 1.29 is 17.9 Å². The van der Waals surface area contributed by atoms with E-state index in [-0.39, 0.29) is 48.7 Å². The summed E-state index contributed by atoms with van der Waals surface area (Å²) in [5.74, 6) is -0.169. The lowest BCUT2D eigenvalue weighted by molar-refractivity contribution is 0.480. The van der Waals surface area contributed by atoms with Gasteiger partial charge in [-0.25, -0.2) is 12.4 Å². The maximum absolute atomic E-state index is 13.9. The topological polar surface area (TPSA) is 149 Å². The fourth-order valence-electron chi connectivity index (χ4n) is 3.75. The number of phenols is 1. The summed E-state index contributed by atoms with van der Waals surface area (Å²) < 4.78 is 33.9. The Labute approximate surface area is 191 Å². The number of nitriles is 1. The van der Waals surface area contributed by atoms with Crippen molar-refractivity contribution in [2.75, 3.05) is 0 Å². The van der Waals surface area contributed by atoms with Crippen molar-refractivity contribution in [2.24, 2.45) is 0 Å². The van der Waals surface area contributed by atoms with Gasteiger partial charge < -0.3 is 9.52 Å². The first-order chi connectivity index (χ1) is 15.8. The first kappa shape index (κ1) is 20.6. The highest BCUT2D eigenvalue weighted by Gasteiger charge is 2.29. The number of nitrogens with zero attached hydrogens (tertiary/aromatic N) is 3. The Morgan fingerprint density at radius 3 is 2.64 bits per heavy atom. The Morgan fingerprint density at radius 2 is 1.91 bits per heavy atom. The molecule has 2 aromatic carbocycles. The Morgan fingerprint density at radius 1 is 1.15 bits per heavy atom. The number of imidazole rings is 1. The first-order valence-electron chi connectivity index (χ1n) is 9.49. The van der Waals surface area contributed by atoms with E-state index in [0.29, 0.717) is 5.56 Å². The van der Waals surface area contributed by atoms with Gasteiger partial charge in [0.25, 0.3) is 10.0 Å². The zero-order chi connectivity index (χ0) is 23.3. The summed E-state index contributed by atoms with van der Waals surface area (Å²) in [5.41, 5.74) is 0.202. The fraction of sp³-hybridized carbons (Fsp3) is 0. The Balaban J connectivity index is 1.96. The largest absolute Gasteiger partial charge is 0.506 e. The molecular formula is C22H13N5O4S2. The number of aromatic amines is 1. The van der Waals surface area contributed by atoms with E-state index >= 15 is 0 Å². The molecule has 33 heavy (non-hydrogen) atoms. The first-order valence-corrected chi connectivity index (χ1v) is 11.3. The van der Waals surface area contributed by atoms with E-state index in [1.807, 2.05) is 6.07 Å². The molecule has 3 N–H and O–H groups in total. The second kappa shape index (κ2) is 7.40. The van der Waals surface area contributed by atoms with Crippen LogP contribution in [0.2, 0.25) is 0 Å². The number of phenolic OH excluding ortho intramolecular Hbond substituents is 1. The Kier molecular flexibility index (Phi) is 4.63. The minimum absolute atomic E-state index is 0.00358. The third-order valence-corrected chi connectivity index (χ3v) is 7.30. The van der Waals surface area contributed by atoms with E-state index < -0.39 is 15.6 Å². The predicted molar refractivity (Wildman–Crippen MR) is 121 cm³/mol. The van der Waals surface area contributed by atoms with Crippen molar-refractivity contribution in [2.45, 2.75) is 4.90 Å². The molecule has 0 radical (unpaired) electrons. The minimum Gasteiger partial charge on any atom is -0.506 e. The van der Waals surface area contributed by atoms with Crippen molar-refractivity contribution in [3.8, 4) is 22.9 Å². The van der Waals surface area contributed by atoms with Crippen LogP contribution in [-0.2, 0) is 10.0 Å². The molecule has 0 aliphatic carbocycles. The smallest absolute Gasteiger partial charge is 0.271 e. The molecule has 0 bridgehead atoms. The highest BCUT2D eigenvalue weighted by molar-refractivity contribution is 7.90. The molecule has 3 aromatic heterocycles.